The molecule has 1 amide bonds. The van der Waals surface area contributed by atoms with Crippen LogP contribution < -0.4 is 5.32 Å². The third-order valence-electron chi connectivity index (χ3n) is 14.3. The maximum absolute atomic E-state index is 13.0. The summed E-state index contributed by atoms with van der Waals surface area (Å²) in [4.78, 5) is 23.4. The van der Waals surface area contributed by atoms with E-state index in [0.29, 0.717) is 17.4 Å². The standard InChI is InChI=1S/C74H127N2O6P/c1-6-8-10-12-14-16-18-20-22-24-26-28-30-32-34-36-37-38-39-40-42-44-46-48-50-52-54-56-58-60-62-64-66-68-74(78)75-72(71-82-83(79,80)81-70-69-76(3,4)5)73(77)67-65-63-61-59-57-55-53-51-49-47-45-43-41-35-33-31-29-27-25-23-21-19-17-15-13-11-9-7-2/h8,10,14,16,20,22,26,28,32,34,37-38,40,42,46,48,52,54,57-60,65,67,72-73,77H,6-7,9,11-13,15,17-19,21,23-25,27,29-31,33,35-36,39,41,43-45,47,49-51,53,55-56,61-64,66,68-71H2,1-5H3,(H-,75,78,79,80)/p+1/b10-8-,16-14-,22-20-,28-26-,34-32-,38-37-,42-40-,48-46-,54-52-,59-57+,60-58-,67-65+. The van der Waals surface area contributed by atoms with Gasteiger partial charge in [-0.05, 0) is 109 Å². The number of phosphoric ester groups is 1. The first-order chi connectivity index (χ1) is 40.5. The van der Waals surface area contributed by atoms with Gasteiger partial charge in [-0.1, -0.05) is 295 Å². The number of nitrogens with zero attached hydrogens (tertiary/aromatic N) is 1. The zero-order valence-corrected chi connectivity index (χ0v) is 55.0. The quantitative estimate of drug-likeness (QED) is 0.0243. The van der Waals surface area contributed by atoms with Crippen molar-refractivity contribution in [3.05, 3.63) is 146 Å². The Balaban J connectivity index is 4.30. The van der Waals surface area contributed by atoms with Gasteiger partial charge in [0, 0.05) is 6.42 Å². The molecule has 0 spiro atoms. The number of aliphatic hydroxyl groups excluding tert-OH is 1. The van der Waals surface area contributed by atoms with Crippen LogP contribution in [0.2, 0.25) is 0 Å². The number of rotatable bonds is 60. The van der Waals surface area contributed by atoms with Crippen molar-refractivity contribution in [3.63, 3.8) is 0 Å². The third-order valence-corrected chi connectivity index (χ3v) is 15.3. The second kappa shape index (κ2) is 62.9. The lowest BCUT2D eigenvalue weighted by Crippen LogP contribution is -2.45. The summed E-state index contributed by atoms with van der Waals surface area (Å²) in [6, 6.07) is -0.900. The number of hydrogen-bond donors (Lipinski definition) is 3. The Morgan fingerprint density at radius 2 is 0.735 bits per heavy atom. The lowest BCUT2D eigenvalue weighted by atomic mass is 10.0. The van der Waals surface area contributed by atoms with E-state index in [1.54, 1.807) is 6.08 Å². The van der Waals surface area contributed by atoms with Crippen LogP contribution >= 0.6 is 7.82 Å². The van der Waals surface area contributed by atoms with Gasteiger partial charge in [0.25, 0.3) is 0 Å². The molecule has 0 saturated heterocycles. The Labute approximate surface area is 512 Å². The van der Waals surface area contributed by atoms with Crippen molar-refractivity contribution in [1.29, 1.82) is 0 Å². The number of hydrogen-bond acceptors (Lipinski definition) is 5. The number of aliphatic hydroxyl groups is 1. The van der Waals surface area contributed by atoms with Crippen molar-refractivity contribution in [2.24, 2.45) is 0 Å². The number of nitrogens with one attached hydrogen (secondary N) is 1. The maximum Gasteiger partial charge on any atom is 0.472 e. The molecule has 0 fully saturated rings. The second-order valence-corrected chi connectivity index (χ2v) is 24.9. The maximum atomic E-state index is 13.0. The lowest BCUT2D eigenvalue weighted by Gasteiger charge is -2.25. The van der Waals surface area contributed by atoms with Gasteiger partial charge in [0.15, 0.2) is 0 Å². The highest BCUT2D eigenvalue weighted by Crippen LogP contribution is 2.43. The zero-order valence-electron chi connectivity index (χ0n) is 54.1. The fourth-order valence-corrected chi connectivity index (χ4v) is 9.82. The molecule has 0 aromatic rings. The average Bonchev–Trinajstić information content (AvgIpc) is 3.49. The van der Waals surface area contributed by atoms with Crippen LogP contribution in [0.15, 0.2) is 146 Å². The first-order valence-electron chi connectivity index (χ1n) is 33.7. The SMILES string of the molecule is CC/C=C\C/C=C\C/C=C\C/C=C\C/C=C\C/C=C\C/C=C\C/C=C\C/C=C\C/C=C\CCCCC(=O)NC(COP(=O)(O)OCC[N+](C)(C)C)C(O)/C=C/CC/C=C/CCCCCCCCCCCCCCCCCCCCCCCC. The van der Waals surface area contributed by atoms with Crippen LogP contribution in [0.5, 0.6) is 0 Å². The molecule has 0 aliphatic rings. The molecule has 474 valence electrons. The number of carbonyl (C=O) groups excluding carboxylic acids is 1. The number of phosphoric acid groups is 1. The van der Waals surface area contributed by atoms with E-state index in [0.717, 1.165) is 96.3 Å². The summed E-state index contributed by atoms with van der Waals surface area (Å²) < 4.78 is 23.7. The van der Waals surface area contributed by atoms with Crippen LogP contribution in [0.4, 0.5) is 0 Å². The fourth-order valence-electron chi connectivity index (χ4n) is 9.09. The molecule has 0 heterocycles. The summed E-state index contributed by atoms with van der Waals surface area (Å²) in [7, 11) is 1.51. The molecule has 0 aliphatic heterocycles. The summed E-state index contributed by atoms with van der Waals surface area (Å²) in [5.41, 5.74) is 0. The Kier molecular flexibility index (Phi) is 60.2. The van der Waals surface area contributed by atoms with Gasteiger partial charge >= 0.3 is 7.82 Å². The summed E-state index contributed by atoms with van der Waals surface area (Å²) >= 11 is 0. The van der Waals surface area contributed by atoms with E-state index in [1.165, 1.54) is 141 Å². The summed E-state index contributed by atoms with van der Waals surface area (Å²) in [5.74, 6) is -0.233. The van der Waals surface area contributed by atoms with E-state index in [-0.39, 0.29) is 25.5 Å². The van der Waals surface area contributed by atoms with Crippen LogP contribution in [0.25, 0.3) is 0 Å². The van der Waals surface area contributed by atoms with E-state index in [9.17, 15) is 19.4 Å². The Hall–Kier alpha value is -3.62. The normalized spacial score (nSPS) is 14.6. The predicted molar refractivity (Wildman–Crippen MR) is 364 cm³/mol. The van der Waals surface area contributed by atoms with Gasteiger partial charge in [-0.3, -0.25) is 13.8 Å². The topological polar surface area (TPSA) is 105 Å². The van der Waals surface area contributed by atoms with Gasteiger partial charge in [0.2, 0.25) is 5.91 Å². The Bertz CT molecular complexity index is 1860. The molecule has 0 aromatic heterocycles. The molecule has 0 aromatic carbocycles. The first kappa shape index (κ1) is 79.4. The monoisotopic (exact) mass is 1170 g/mol. The average molecular weight is 1170 g/mol. The summed E-state index contributed by atoms with van der Waals surface area (Å²) in [6.07, 6.45) is 97.1. The number of quaternary nitrogens is 1. The first-order valence-corrected chi connectivity index (χ1v) is 35.2. The third kappa shape index (κ3) is 65.8. The molecule has 0 radical (unpaired) electrons. The molecule has 3 unspecified atom stereocenters. The van der Waals surface area contributed by atoms with Crippen LogP contribution in [0.1, 0.15) is 264 Å². The number of allylic oxidation sites excluding steroid dienone is 23. The van der Waals surface area contributed by atoms with Crippen molar-refractivity contribution < 1.29 is 32.9 Å². The molecule has 83 heavy (non-hydrogen) atoms. The van der Waals surface area contributed by atoms with Crippen molar-refractivity contribution in [3.8, 4) is 0 Å². The van der Waals surface area contributed by atoms with Crippen LogP contribution in [0, 0.1) is 0 Å². The molecule has 0 bridgehead atoms. The van der Waals surface area contributed by atoms with Gasteiger partial charge < -0.3 is 19.8 Å². The van der Waals surface area contributed by atoms with Gasteiger partial charge in [0.1, 0.15) is 13.2 Å². The zero-order chi connectivity index (χ0) is 60.5. The number of likely N-dealkylation sites (N-methyl/N-ethyl adjacent to an activating group) is 1. The van der Waals surface area contributed by atoms with Crippen LogP contribution in [-0.2, 0) is 18.4 Å². The van der Waals surface area contributed by atoms with Crippen molar-refractivity contribution >= 4 is 13.7 Å². The second-order valence-electron chi connectivity index (χ2n) is 23.5. The van der Waals surface area contributed by atoms with Crippen molar-refractivity contribution in [2.45, 2.75) is 276 Å². The summed E-state index contributed by atoms with van der Waals surface area (Å²) in [6.45, 7) is 4.65. The number of carbonyl (C=O) groups is 1. The molecular formula is C74H128N2O6P+. The smallest absolute Gasteiger partial charge is 0.387 e. The molecular weight excluding hydrogens is 1040 g/mol. The van der Waals surface area contributed by atoms with E-state index in [4.69, 9.17) is 9.05 Å². The predicted octanol–water partition coefficient (Wildman–Crippen LogP) is 21.6. The van der Waals surface area contributed by atoms with Gasteiger partial charge in [-0.25, -0.2) is 4.57 Å². The highest BCUT2D eigenvalue weighted by Gasteiger charge is 2.27. The largest absolute Gasteiger partial charge is 0.472 e. The van der Waals surface area contributed by atoms with Gasteiger partial charge in [-0.15, -0.1) is 0 Å². The Morgan fingerprint density at radius 3 is 1.11 bits per heavy atom. The summed E-state index contributed by atoms with van der Waals surface area (Å²) in [5, 5.41) is 13.9. The molecule has 0 aliphatic carbocycles. The number of amides is 1. The van der Waals surface area contributed by atoms with Crippen LogP contribution in [0.3, 0.4) is 0 Å². The van der Waals surface area contributed by atoms with Gasteiger partial charge in [-0.2, -0.15) is 0 Å². The van der Waals surface area contributed by atoms with E-state index < -0.39 is 20.0 Å². The minimum atomic E-state index is -4.39. The lowest BCUT2D eigenvalue weighted by molar-refractivity contribution is -0.870. The fraction of sp³-hybridized carbons (Fsp3) is 0.662. The van der Waals surface area contributed by atoms with E-state index >= 15 is 0 Å². The minimum Gasteiger partial charge on any atom is -0.387 e. The van der Waals surface area contributed by atoms with Crippen molar-refractivity contribution in [2.75, 3.05) is 40.9 Å². The highest BCUT2D eigenvalue weighted by molar-refractivity contribution is 7.47. The van der Waals surface area contributed by atoms with Crippen LogP contribution in [-0.4, -0.2) is 73.4 Å². The molecule has 3 atom stereocenters. The molecule has 8 nitrogen and oxygen atoms in total. The van der Waals surface area contributed by atoms with E-state index in [1.807, 2.05) is 27.2 Å². The number of unbranched alkanes of at least 4 members (excludes halogenated alkanes) is 25. The highest BCUT2D eigenvalue weighted by atomic mass is 31.2. The molecule has 0 saturated carbocycles. The molecule has 9 heteroatoms. The minimum absolute atomic E-state index is 0.0394. The van der Waals surface area contributed by atoms with E-state index in [2.05, 4.69) is 153 Å². The Morgan fingerprint density at radius 1 is 0.422 bits per heavy atom. The van der Waals surface area contributed by atoms with Gasteiger partial charge in [0.05, 0.1) is 39.9 Å². The molecule has 3 N–H and O–H groups in total. The van der Waals surface area contributed by atoms with Crippen molar-refractivity contribution in [1.82, 2.24) is 5.32 Å². The molecule has 0 rings (SSSR count).